The number of carbonyl (C=O) groups is 1. The number of carboxylic acid groups (broad SMARTS) is 1. The van der Waals surface area contributed by atoms with Crippen LogP contribution in [0.15, 0.2) is 0 Å². The van der Waals surface area contributed by atoms with Gasteiger partial charge in [-0.1, -0.05) is 26.2 Å². The molecule has 0 aliphatic heterocycles. The minimum absolute atomic E-state index is 0.466. The van der Waals surface area contributed by atoms with Gasteiger partial charge in [0.25, 0.3) is 0 Å². The summed E-state index contributed by atoms with van der Waals surface area (Å²) in [5.74, 6) is -0.806. The lowest BCUT2D eigenvalue weighted by Gasteiger charge is -2.02. The Bertz CT molecular complexity index is 104. The highest BCUT2D eigenvalue weighted by Gasteiger charge is 2.09. The fraction of sp³-hybridized carbons (Fsp3) is 0.857. The van der Waals surface area contributed by atoms with Crippen molar-refractivity contribution >= 4 is 18.6 Å². The van der Waals surface area contributed by atoms with Gasteiger partial charge in [0, 0.05) is 0 Å². The van der Waals surface area contributed by atoms with Crippen molar-refractivity contribution < 1.29 is 9.90 Å². The van der Waals surface area contributed by atoms with Gasteiger partial charge in [-0.15, -0.1) is 0 Å². The predicted octanol–water partition coefficient (Wildman–Crippen LogP) is 1.95. The molecule has 0 heterocycles. The van der Waals surface area contributed by atoms with Gasteiger partial charge >= 0.3 is 5.97 Å². The van der Waals surface area contributed by atoms with E-state index < -0.39 is 11.2 Å². The van der Waals surface area contributed by atoms with E-state index in [1.165, 1.54) is 0 Å². The Morgan fingerprint density at radius 2 is 2.20 bits per heavy atom. The molecule has 0 rings (SSSR count). The van der Waals surface area contributed by atoms with Crippen LogP contribution in [0.2, 0.25) is 0 Å². The van der Waals surface area contributed by atoms with E-state index in [-0.39, 0.29) is 0 Å². The zero-order valence-electron chi connectivity index (χ0n) is 6.21. The molecule has 0 saturated heterocycles. The van der Waals surface area contributed by atoms with Crippen LogP contribution in [0.5, 0.6) is 0 Å². The lowest BCUT2D eigenvalue weighted by atomic mass is 10.1. The van der Waals surface area contributed by atoms with Gasteiger partial charge in [0.05, 0.1) is 5.25 Å². The van der Waals surface area contributed by atoms with Crippen LogP contribution in [-0.2, 0) is 4.79 Å². The maximum atomic E-state index is 10.2. The largest absolute Gasteiger partial charge is 0.480 e. The highest BCUT2D eigenvalue weighted by molar-refractivity contribution is 7.81. The van der Waals surface area contributed by atoms with Crippen LogP contribution in [0.25, 0.3) is 0 Å². The Kier molecular flexibility index (Phi) is 5.49. The van der Waals surface area contributed by atoms with E-state index in [2.05, 4.69) is 19.6 Å². The lowest BCUT2D eigenvalue weighted by Crippen LogP contribution is -2.12. The van der Waals surface area contributed by atoms with Crippen LogP contribution >= 0.6 is 12.6 Å². The third-order valence-electron chi connectivity index (χ3n) is 1.37. The molecule has 0 amide bonds. The summed E-state index contributed by atoms with van der Waals surface area (Å²) in [5.41, 5.74) is 0. The fourth-order valence-electron chi connectivity index (χ4n) is 0.711. The summed E-state index contributed by atoms with van der Waals surface area (Å²) in [5, 5.41) is 7.94. The maximum absolute atomic E-state index is 10.2. The second kappa shape index (κ2) is 5.59. The van der Waals surface area contributed by atoms with Crippen LogP contribution in [0.3, 0.4) is 0 Å². The van der Waals surface area contributed by atoms with Gasteiger partial charge in [0.15, 0.2) is 0 Å². The monoisotopic (exact) mass is 162 g/mol. The Labute approximate surface area is 67.0 Å². The molecule has 0 radical (unpaired) electrons. The van der Waals surface area contributed by atoms with Gasteiger partial charge in [-0.3, -0.25) is 4.79 Å². The number of aliphatic carboxylic acids is 1. The summed E-state index contributed by atoms with van der Waals surface area (Å²) in [7, 11) is 0. The maximum Gasteiger partial charge on any atom is 0.316 e. The Hall–Kier alpha value is -0.180. The van der Waals surface area contributed by atoms with Crippen molar-refractivity contribution in [2.24, 2.45) is 0 Å². The van der Waals surface area contributed by atoms with Gasteiger partial charge in [-0.2, -0.15) is 12.6 Å². The first-order valence-corrected chi connectivity index (χ1v) is 4.11. The van der Waals surface area contributed by atoms with Gasteiger partial charge in [0.1, 0.15) is 0 Å². The average Bonchev–Trinajstić information content (AvgIpc) is 1.88. The van der Waals surface area contributed by atoms with Gasteiger partial charge < -0.3 is 5.11 Å². The quantitative estimate of drug-likeness (QED) is 0.479. The Balaban J connectivity index is 3.21. The molecular formula is C7H14O2S. The minimum Gasteiger partial charge on any atom is -0.480 e. The number of thiol groups is 1. The minimum atomic E-state index is -0.806. The van der Waals surface area contributed by atoms with Crippen LogP contribution in [-0.4, -0.2) is 16.3 Å². The van der Waals surface area contributed by atoms with E-state index in [0.717, 1.165) is 19.3 Å². The van der Waals surface area contributed by atoms with E-state index in [0.29, 0.717) is 6.42 Å². The molecule has 0 aromatic rings. The predicted molar refractivity (Wildman–Crippen MR) is 44.6 cm³/mol. The van der Waals surface area contributed by atoms with Crippen molar-refractivity contribution in [2.75, 3.05) is 0 Å². The molecule has 2 nitrogen and oxygen atoms in total. The van der Waals surface area contributed by atoms with Gasteiger partial charge in [0.2, 0.25) is 0 Å². The molecule has 0 aliphatic rings. The average molecular weight is 162 g/mol. The SMILES string of the molecule is CCCCCC(S)C(=O)O. The Morgan fingerprint density at radius 1 is 1.60 bits per heavy atom. The highest BCUT2D eigenvalue weighted by atomic mass is 32.1. The van der Waals surface area contributed by atoms with Crippen LogP contribution in [0, 0.1) is 0 Å². The van der Waals surface area contributed by atoms with Crippen molar-refractivity contribution in [1.82, 2.24) is 0 Å². The first-order valence-electron chi connectivity index (χ1n) is 3.59. The molecule has 0 aromatic carbocycles. The second-order valence-corrected chi connectivity index (χ2v) is 2.97. The van der Waals surface area contributed by atoms with Crippen molar-refractivity contribution in [2.45, 2.75) is 37.9 Å². The molecule has 0 bridgehead atoms. The number of hydrogen-bond donors (Lipinski definition) is 2. The second-order valence-electron chi connectivity index (χ2n) is 2.35. The number of rotatable bonds is 5. The third-order valence-corrected chi connectivity index (χ3v) is 1.85. The normalized spacial score (nSPS) is 13.0. The zero-order chi connectivity index (χ0) is 7.98. The number of hydrogen-bond acceptors (Lipinski definition) is 2. The summed E-state index contributed by atoms with van der Waals surface area (Å²) in [6.45, 7) is 2.09. The van der Waals surface area contributed by atoms with Crippen molar-refractivity contribution in [3.05, 3.63) is 0 Å². The number of carboxylic acids is 1. The highest BCUT2D eigenvalue weighted by Crippen LogP contribution is 2.07. The standard InChI is InChI=1S/C7H14O2S/c1-2-3-4-5-6(10)7(8)9/h6,10H,2-5H2,1H3,(H,8,9). The first kappa shape index (κ1) is 9.82. The summed E-state index contributed by atoms with van der Waals surface area (Å²) < 4.78 is 0. The molecular weight excluding hydrogens is 148 g/mol. The molecule has 1 unspecified atom stereocenters. The van der Waals surface area contributed by atoms with E-state index in [9.17, 15) is 4.79 Å². The summed E-state index contributed by atoms with van der Waals surface area (Å²) in [6, 6.07) is 0. The molecule has 1 N–H and O–H groups in total. The van der Waals surface area contributed by atoms with E-state index in [1.54, 1.807) is 0 Å². The molecule has 1 atom stereocenters. The van der Waals surface area contributed by atoms with Crippen LogP contribution in [0.1, 0.15) is 32.6 Å². The summed E-state index contributed by atoms with van der Waals surface area (Å²) in [6.07, 6.45) is 3.88. The zero-order valence-corrected chi connectivity index (χ0v) is 7.10. The molecule has 0 aromatic heterocycles. The van der Waals surface area contributed by atoms with Gasteiger partial charge in [-0.05, 0) is 6.42 Å². The van der Waals surface area contributed by atoms with Crippen molar-refractivity contribution in [3.8, 4) is 0 Å². The smallest absolute Gasteiger partial charge is 0.316 e. The van der Waals surface area contributed by atoms with Crippen LogP contribution < -0.4 is 0 Å². The molecule has 0 spiro atoms. The van der Waals surface area contributed by atoms with Crippen molar-refractivity contribution in [3.63, 3.8) is 0 Å². The van der Waals surface area contributed by atoms with E-state index in [1.807, 2.05) is 0 Å². The molecule has 3 heteroatoms. The Morgan fingerprint density at radius 3 is 2.60 bits per heavy atom. The molecule has 0 saturated carbocycles. The van der Waals surface area contributed by atoms with E-state index >= 15 is 0 Å². The summed E-state index contributed by atoms with van der Waals surface area (Å²) >= 11 is 3.90. The third kappa shape index (κ3) is 4.68. The number of unbranched alkanes of at least 4 members (excludes halogenated alkanes) is 2. The molecule has 0 aliphatic carbocycles. The van der Waals surface area contributed by atoms with Crippen molar-refractivity contribution in [1.29, 1.82) is 0 Å². The molecule has 0 fully saturated rings. The van der Waals surface area contributed by atoms with Gasteiger partial charge in [-0.25, -0.2) is 0 Å². The lowest BCUT2D eigenvalue weighted by molar-refractivity contribution is -0.136. The topological polar surface area (TPSA) is 37.3 Å². The molecule has 10 heavy (non-hydrogen) atoms. The molecule has 60 valence electrons. The van der Waals surface area contributed by atoms with E-state index in [4.69, 9.17) is 5.11 Å². The first-order chi connectivity index (χ1) is 4.68. The fourth-order valence-corrected chi connectivity index (χ4v) is 0.894. The summed E-state index contributed by atoms with van der Waals surface area (Å²) in [4.78, 5) is 10.2. The van der Waals surface area contributed by atoms with Crippen LogP contribution in [0.4, 0.5) is 0 Å².